The van der Waals surface area contributed by atoms with Crippen LogP contribution < -0.4 is 0 Å². The fourth-order valence-corrected chi connectivity index (χ4v) is 3.42. The first-order valence-electron chi connectivity index (χ1n) is 8.77. The summed E-state index contributed by atoms with van der Waals surface area (Å²) in [5.74, 6) is -0.513. The summed E-state index contributed by atoms with van der Waals surface area (Å²) in [6.07, 6.45) is 0. The zero-order valence-electron chi connectivity index (χ0n) is 16.2. The Labute approximate surface area is 159 Å². The minimum absolute atomic E-state index is 0.221. The number of Topliss-reactive ketones (excluding diaryl/α,β-unsaturated/α-hetero) is 1. The summed E-state index contributed by atoms with van der Waals surface area (Å²) in [6.45, 7) is 12.7. The third kappa shape index (κ3) is 4.01. The summed E-state index contributed by atoms with van der Waals surface area (Å²) >= 11 is 6.28. The van der Waals surface area contributed by atoms with Gasteiger partial charge in [0, 0.05) is 30.0 Å². The van der Waals surface area contributed by atoms with Crippen LogP contribution in [0.25, 0.3) is 0 Å². The Hall–Kier alpha value is -2.08. The molecule has 2 heterocycles. The first-order chi connectivity index (χ1) is 12.2. The lowest BCUT2D eigenvalue weighted by Gasteiger charge is -2.07. The maximum Gasteiger partial charge on any atom is 0.343 e. The van der Waals surface area contributed by atoms with Gasteiger partial charge in [0.05, 0.1) is 5.69 Å². The molecule has 0 aliphatic rings. The maximum atomic E-state index is 12.5. The third-order valence-electron chi connectivity index (χ3n) is 4.33. The molecule has 0 saturated heterocycles. The van der Waals surface area contributed by atoms with Crippen molar-refractivity contribution in [1.29, 1.82) is 0 Å². The van der Waals surface area contributed by atoms with Gasteiger partial charge in [0.15, 0.2) is 6.61 Å². The van der Waals surface area contributed by atoms with Gasteiger partial charge in [-0.05, 0) is 39.7 Å². The second-order valence-corrected chi connectivity index (χ2v) is 7.21. The van der Waals surface area contributed by atoms with Crippen LogP contribution in [0.2, 0.25) is 5.15 Å². The molecule has 0 aliphatic carbocycles. The molecule has 2 aromatic rings. The van der Waals surface area contributed by atoms with Crippen LogP contribution in [-0.4, -0.2) is 32.7 Å². The number of ether oxygens (including phenoxy) is 1. The molecule has 0 fully saturated rings. The Kier molecular flexibility index (Phi) is 6.29. The lowest BCUT2D eigenvalue weighted by molar-refractivity contribution is 0.0474. The average Bonchev–Trinajstić information content (AvgIpc) is 3.00. The Morgan fingerprint density at radius 3 is 2.46 bits per heavy atom. The van der Waals surface area contributed by atoms with Gasteiger partial charge in [-0.25, -0.2) is 4.79 Å². The van der Waals surface area contributed by atoms with E-state index in [4.69, 9.17) is 16.3 Å². The molecule has 0 unspecified atom stereocenters. The molecular formula is C19H26ClN3O3. The van der Waals surface area contributed by atoms with Crippen molar-refractivity contribution in [3.05, 3.63) is 39.4 Å². The normalized spacial score (nSPS) is 11.2. The molecular weight excluding hydrogens is 354 g/mol. The quantitative estimate of drug-likeness (QED) is 0.539. The molecule has 0 N–H and O–H groups in total. The lowest BCUT2D eigenvalue weighted by atomic mass is 10.1. The SMILES string of the molecule is CCn1c(C)cc(C(=O)COC(=O)c2c(C)nn(CC(C)C)c2Cl)c1C. The van der Waals surface area contributed by atoms with Crippen molar-refractivity contribution in [2.24, 2.45) is 5.92 Å². The van der Waals surface area contributed by atoms with Crippen LogP contribution in [-0.2, 0) is 17.8 Å². The van der Waals surface area contributed by atoms with Gasteiger partial charge in [0.2, 0.25) is 5.78 Å². The number of hydrogen-bond acceptors (Lipinski definition) is 4. The third-order valence-corrected chi connectivity index (χ3v) is 4.72. The molecule has 142 valence electrons. The molecule has 0 aliphatic heterocycles. The van der Waals surface area contributed by atoms with Gasteiger partial charge in [0.1, 0.15) is 10.7 Å². The van der Waals surface area contributed by atoms with Crippen molar-refractivity contribution in [1.82, 2.24) is 14.3 Å². The Bertz CT molecular complexity index is 834. The minimum atomic E-state index is -0.625. The highest BCUT2D eigenvalue weighted by Gasteiger charge is 2.24. The molecule has 0 radical (unpaired) electrons. The van der Waals surface area contributed by atoms with Crippen molar-refractivity contribution in [3.63, 3.8) is 0 Å². The number of halogens is 1. The smallest absolute Gasteiger partial charge is 0.343 e. The molecule has 0 spiro atoms. The number of aryl methyl sites for hydroxylation is 2. The number of aromatic nitrogens is 3. The number of hydrogen-bond donors (Lipinski definition) is 0. The average molecular weight is 380 g/mol. The van der Waals surface area contributed by atoms with E-state index in [0.29, 0.717) is 23.7 Å². The van der Waals surface area contributed by atoms with Gasteiger partial charge in [0.25, 0.3) is 0 Å². The largest absolute Gasteiger partial charge is 0.454 e. The van der Waals surface area contributed by atoms with E-state index in [9.17, 15) is 9.59 Å². The highest BCUT2D eigenvalue weighted by Crippen LogP contribution is 2.22. The Balaban J connectivity index is 2.12. The number of carbonyl (C=O) groups is 2. The van der Waals surface area contributed by atoms with E-state index in [2.05, 4.69) is 5.10 Å². The number of rotatable bonds is 7. The monoisotopic (exact) mass is 379 g/mol. The van der Waals surface area contributed by atoms with Crippen molar-refractivity contribution in [2.45, 2.75) is 54.6 Å². The topological polar surface area (TPSA) is 66.1 Å². The number of esters is 1. The molecule has 2 aromatic heterocycles. The van der Waals surface area contributed by atoms with Crippen molar-refractivity contribution in [2.75, 3.05) is 6.61 Å². The fourth-order valence-electron chi connectivity index (χ4n) is 3.10. The van der Waals surface area contributed by atoms with E-state index in [1.165, 1.54) is 0 Å². The molecule has 26 heavy (non-hydrogen) atoms. The van der Waals surface area contributed by atoms with Gasteiger partial charge >= 0.3 is 5.97 Å². The van der Waals surface area contributed by atoms with Crippen LogP contribution >= 0.6 is 11.6 Å². The molecule has 0 aromatic carbocycles. The molecule has 0 atom stereocenters. The number of nitrogens with zero attached hydrogens (tertiary/aromatic N) is 3. The van der Waals surface area contributed by atoms with E-state index < -0.39 is 5.97 Å². The van der Waals surface area contributed by atoms with E-state index in [0.717, 1.165) is 17.9 Å². The first kappa shape index (κ1) is 20.2. The Morgan fingerprint density at radius 1 is 1.27 bits per heavy atom. The molecule has 6 nitrogen and oxygen atoms in total. The first-order valence-corrected chi connectivity index (χ1v) is 9.15. The summed E-state index contributed by atoms with van der Waals surface area (Å²) < 4.78 is 8.87. The fraction of sp³-hybridized carbons (Fsp3) is 0.526. The second kappa shape index (κ2) is 8.08. The minimum Gasteiger partial charge on any atom is -0.454 e. The zero-order chi connectivity index (χ0) is 19.6. The number of carbonyl (C=O) groups excluding carboxylic acids is 2. The van der Waals surface area contributed by atoms with E-state index >= 15 is 0 Å². The van der Waals surface area contributed by atoms with Crippen LogP contribution in [0, 0.1) is 26.7 Å². The van der Waals surface area contributed by atoms with Gasteiger partial charge in [-0.2, -0.15) is 5.10 Å². The van der Waals surface area contributed by atoms with Crippen molar-refractivity contribution >= 4 is 23.4 Å². The Morgan fingerprint density at radius 2 is 1.92 bits per heavy atom. The predicted octanol–water partition coefficient (Wildman–Crippen LogP) is 3.98. The van der Waals surface area contributed by atoms with Crippen LogP contribution in [0.1, 0.15) is 58.6 Å². The molecule has 7 heteroatoms. The van der Waals surface area contributed by atoms with Gasteiger partial charge in [-0.15, -0.1) is 0 Å². The van der Waals surface area contributed by atoms with Crippen molar-refractivity contribution in [3.8, 4) is 0 Å². The second-order valence-electron chi connectivity index (χ2n) is 6.86. The molecule has 0 bridgehead atoms. The summed E-state index contributed by atoms with van der Waals surface area (Å²) in [6, 6.07) is 1.83. The molecule has 0 saturated carbocycles. The molecule has 2 rings (SSSR count). The highest BCUT2D eigenvalue weighted by atomic mass is 35.5. The summed E-state index contributed by atoms with van der Waals surface area (Å²) in [4.78, 5) is 24.9. The van der Waals surface area contributed by atoms with E-state index in [1.54, 1.807) is 11.6 Å². The van der Waals surface area contributed by atoms with Crippen LogP contribution in [0.4, 0.5) is 0 Å². The predicted molar refractivity (Wildman–Crippen MR) is 101 cm³/mol. The number of ketones is 1. The highest BCUT2D eigenvalue weighted by molar-refractivity contribution is 6.32. The van der Waals surface area contributed by atoms with Crippen LogP contribution in [0.15, 0.2) is 6.07 Å². The van der Waals surface area contributed by atoms with Crippen LogP contribution in [0.5, 0.6) is 0 Å². The molecule has 0 amide bonds. The van der Waals surface area contributed by atoms with E-state index in [-0.39, 0.29) is 23.1 Å². The summed E-state index contributed by atoms with van der Waals surface area (Å²) in [5.41, 5.74) is 3.19. The summed E-state index contributed by atoms with van der Waals surface area (Å²) in [5, 5.41) is 4.54. The zero-order valence-corrected chi connectivity index (χ0v) is 17.0. The lowest BCUT2D eigenvalue weighted by Crippen LogP contribution is -2.16. The maximum absolute atomic E-state index is 12.5. The van der Waals surface area contributed by atoms with Crippen molar-refractivity contribution < 1.29 is 14.3 Å². The van der Waals surface area contributed by atoms with Gasteiger partial charge < -0.3 is 9.30 Å². The standard InChI is InChI=1S/C19H26ClN3O3/c1-7-22-12(4)8-15(14(22)6)16(24)10-26-19(25)17-13(5)21-23(18(17)20)9-11(2)3/h8,11H,7,9-10H2,1-6H3. The van der Waals surface area contributed by atoms with Gasteiger partial charge in [-0.1, -0.05) is 25.4 Å². The summed E-state index contributed by atoms with van der Waals surface area (Å²) in [7, 11) is 0. The van der Waals surface area contributed by atoms with E-state index in [1.807, 2.05) is 45.3 Å². The van der Waals surface area contributed by atoms with Crippen LogP contribution in [0.3, 0.4) is 0 Å². The van der Waals surface area contributed by atoms with Gasteiger partial charge in [-0.3, -0.25) is 9.48 Å².